The van der Waals surface area contributed by atoms with Crippen LogP contribution < -0.4 is 5.32 Å². The maximum Gasteiger partial charge on any atom is 0.305 e. The van der Waals surface area contributed by atoms with Gasteiger partial charge in [-0.1, -0.05) is 0 Å². The molecule has 1 aromatic heterocycles. The molecule has 17 heavy (non-hydrogen) atoms. The number of aromatic nitrogens is 2. The lowest BCUT2D eigenvalue weighted by Crippen LogP contribution is -2.27. The Morgan fingerprint density at radius 1 is 1.59 bits per heavy atom. The van der Waals surface area contributed by atoms with Crippen molar-refractivity contribution >= 4 is 11.6 Å². The minimum atomic E-state index is -0.565. The van der Waals surface area contributed by atoms with Crippen LogP contribution in [0.5, 0.6) is 0 Å². The first-order valence-corrected chi connectivity index (χ1v) is 5.00. The highest BCUT2D eigenvalue weighted by Crippen LogP contribution is 2.09. The Labute approximate surface area is 97.8 Å². The van der Waals surface area contributed by atoms with E-state index in [-0.39, 0.29) is 24.3 Å². The van der Waals surface area contributed by atoms with Crippen LogP contribution in [-0.2, 0) is 4.74 Å². The molecule has 0 aromatic carbocycles. The molecule has 0 saturated carbocycles. The number of aliphatic hydroxyl groups excluding tert-OH is 1. The van der Waals surface area contributed by atoms with E-state index < -0.39 is 4.92 Å². The van der Waals surface area contributed by atoms with Gasteiger partial charge in [0, 0.05) is 13.7 Å². The van der Waals surface area contributed by atoms with Crippen molar-refractivity contribution in [3.8, 4) is 0 Å². The van der Waals surface area contributed by atoms with Crippen molar-refractivity contribution in [3.05, 3.63) is 22.5 Å². The van der Waals surface area contributed by atoms with Gasteiger partial charge in [-0.15, -0.1) is 0 Å². The Morgan fingerprint density at radius 2 is 2.24 bits per heavy atom. The second-order valence-electron chi connectivity index (χ2n) is 3.33. The summed E-state index contributed by atoms with van der Waals surface area (Å²) in [6.07, 6.45) is 2.73. The number of anilines is 1. The van der Waals surface area contributed by atoms with Gasteiger partial charge in [0.1, 0.15) is 12.4 Å². The number of ether oxygens (including phenoxy) is 1. The number of aliphatic hydroxyl groups is 1. The minimum Gasteiger partial charge on any atom is -0.396 e. The van der Waals surface area contributed by atoms with Gasteiger partial charge in [0.05, 0.1) is 17.6 Å². The molecule has 8 nitrogen and oxygen atoms in total. The lowest BCUT2D eigenvalue weighted by Gasteiger charge is -2.16. The van der Waals surface area contributed by atoms with Gasteiger partial charge in [0.2, 0.25) is 5.95 Å². The molecule has 0 radical (unpaired) electrons. The fourth-order valence-corrected chi connectivity index (χ4v) is 1.23. The van der Waals surface area contributed by atoms with Gasteiger partial charge in [-0.25, -0.2) is 9.97 Å². The second-order valence-corrected chi connectivity index (χ2v) is 3.33. The number of rotatable bonds is 7. The number of hydrogen-bond donors (Lipinski definition) is 2. The van der Waals surface area contributed by atoms with Crippen molar-refractivity contribution in [2.24, 2.45) is 0 Å². The zero-order valence-electron chi connectivity index (χ0n) is 9.37. The molecular formula is C9H14N4O4. The quantitative estimate of drug-likeness (QED) is 0.518. The summed E-state index contributed by atoms with van der Waals surface area (Å²) in [7, 11) is 1.54. The Bertz CT molecular complexity index is 351. The fourth-order valence-electron chi connectivity index (χ4n) is 1.23. The molecule has 0 amide bonds. The second kappa shape index (κ2) is 6.71. The molecule has 1 heterocycles. The standard InChI is InChI=1S/C9H14N4O4/c1-17-6-7(2-3-14)12-9-10-4-8(5-11-9)13(15)16/h4-5,7,14H,2-3,6H2,1H3,(H,10,11,12). The SMILES string of the molecule is COCC(CCO)Nc1ncc([N+](=O)[O-])cn1. The molecule has 0 fully saturated rings. The molecule has 0 aliphatic carbocycles. The summed E-state index contributed by atoms with van der Waals surface area (Å²) in [6, 6.07) is -0.133. The van der Waals surface area contributed by atoms with E-state index >= 15 is 0 Å². The lowest BCUT2D eigenvalue weighted by atomic mass is 10.2. The van der Waals surface area contributed by atoms with E-state index in [4.69, 9.17) is 9.84 Å². The van der Waals surface area contributed by atoms with Gasteiger partial charge in [-0.2, -0.15) is 0 Å². The first-order chi connectivity index (χ1) is 8.17. The maximum atomic E-state index is 10.4. The van der Waals surface area contributed by atoms with Gasteiger partial charge in [0.25, 0.3) is 0 Å². The Balaban J connectivity index is 2.62. The van der Waals surface area contributed by atoms with Crippen molar-refractivity contribution < 1.29 is 14.8 Å². The summed E-state index contributed by atoms with van der Waals surface area (Å²) in [5.41, 5.74) is -0.166. The van der Waals surface area contributed by atoms with Crippen molar-refractivity contribution in [2.75, 3.05) is 25.6 Å². The molecule has 94 valence electrons. The van der Waals surface area contributed by atoms with E-state index in [1.165, 1.54) is 0 Å². The average molecular weight is 242 g/mol. The van der Waals surface area contributed by atoms with Crippen LogP contribution in [0.15, 0.2) is 12.4 Å². The Kier molecular flexibility index (Phi) is 5.24. The molecule has 1 unspecified atom stereocenters. The predicted molar refractivity (Wildman–Crippen MR) is 59.7 cm³/mol. The molecule has 0 spiro atoms. The molecule has 0 aliphatic heterocycles. The van der Waals surface area contributed by atoms with Crippen molar-refractivity contribution in [1.29, 1.82) is 0 Å². The van der Waals surface area contributed by atoms with Gasteiger partial charge >= 0.3 is 5.69 Å². The van der Waals surface area contributed by atoms with E-state index in [1.54, 1.807) is 7.11 Å². The average Bonchev–Trinajstić information content (AvgIpc) is 2.30. The van der Waals surface area contributed by atoms with Crippen LogP contribution in [0.25, 0.3) is 0 Å². The zero-order chi connectivity index (χ0) is 12.7. The third-order valence-electron chi connectivity index (χ3n) is 2.03. The van der Waals surface area contributed by atoms with E-state index in [2.05, 4.69) is 15.3 Å². The summed E-state index contributed by atoms with van der Waals surface area (Å²) in [5.74, 6) is 0.270. The highest BCUT2D eigenvalue weighted by Gasteiger charge is 2.11. The summed E-state index contributed by atoms with van der Waals surface area (Å²) < 4.78 is 4.95. The predicted octanol–water partition coefficient (Wildman–Crippen LogP) is 0.194. The molecule has 0 bridgehead atoms. The molecular weight excluding hydrogens is 228 g/mol. The van der Waals surface area contributed by atoms with E-state index in [0.29, 0.717) is 13.0 Å². The summed E-state index contributed by atoms with van der Waals surface area (Å²) in [5, 5.41) is 22.1. The third kappa shape index (κ3) is 4.29. The topological polar surface area (TPSA) is 110 Å². The summed E-state index contributed by atoms with van der Waals surface area (Å²) in [6.45, 7) is 0.398. The number of methoxy groups -OCH3 is 1. The van der Waals surface area contributed by atoms with Crippen LogP contribution in [0.1, 0.15) is 6.42 Å². The number of hydrogen-bond acceptors (Lipinski definition) is 7. The molecule has 8 heteroatoms. The largest absolute Gasteiger partial charge is 0.396 e. The summed E-state index contributed by atoms with van der Waals surface area (Å²) in [4.78, 5) is 17.4. The fraction of sp³-hybridized carbons (Fsp3) is 0.556. The first-order valence-electron chi connectivity index (χ1n) is 5.00. The van der Waals surface area contributed by atoms with Crippen molar-refractivity contribution in [2.45, 2.75) is 12.5 Å². The Hall–Kier alpha value is -1.80. The Morgan fingerprint density at radius 3 is 2.71 bits per heavy atom. The lowest BCUT2D eigenvalue weighted by molar-refractivity contribution is -0.385. The molecule has 1 aromatic rings. The van der Waals surface area contributed by atoms with Crippen LogP contribution in [0, 0.1) is 10.1 Å². The highest BCUT2D eigenvalue weighted by atomic mass is 16.6. The van der Waals surface area contributed by atoms with Crippen LogP contribution in [0.3, 0.4) is 0 Å². The molecule has 0 aliphatic rings. The third-order valence-corrected chi connectivity index (χ3v) is 2.03. The van der Waals surface area contributed by atoms with Gasteiger partial charge in [0.15, 0.2) is 0 Å². The maximum absolute atomic E-state index is 10.4. The van der Waals surface area contributed by atoms with Crippen LogP contribution >= 0.6 is 0 Å². The molecule has 1 rings (SSSR count). The molecule has 0 saturated heterocycles. The van der Waals surface area contributed by atoms with E-state index in [0.717, 1.165) is 12.4 Å². The smallest absolute Gasteiger partial charge is 0.305 e. The van der Waals surface area contributed by atoms with Crippen molar-refractivity contribution in [1.82, 2.24) is 9.97 Å². The van der Waals surface area contributed by atoms with Crippen LogP contribution in [0.2, 0.25) is 0 Å². The molecule has 2 N–H and O–H groups in total. The van der Waals surface area contributed by atoms with E-state index in [1.807, 2.05) is 0 Å². The molecule has 1 atom stereocenters. The van der Waals surface area contributed by atoms with E-state index in [9.17, 15) is 10.1 Å². The normalized spacial score (nSPS) is 12.1. The van der Waals surface area contributed by atoms with Crippen LogP contribution in [-0.4, -0.2) is 46.4 Å². The number of nitro groups is 1. The zero-order valence-corrected chi connectivity index (χ0v) is 9.37. The van der Waals surface area contributed by atoms with Crippen molar-refractivity contribution in [3.63, 3.8) is 0 Å². The number of nitrogens with zero attached hydrogens (tertiary/aromatic N) is 3. The van der Waals surface area contributed by atoms with Gasteiger partial charge in [-0.3, -0.25) is 10.1 Å². The van der Waals surface area contributed by atoms with Gasteiger partial charge in [-0.05, 0) is 6.42 Å². The van der Waals surface area contributed by atoms with Gasteiger partial charge < -0.3 is 15.2 Å². The minimum absolute atomic E-state index is 0.00794. The summed E-state index contributed by atoms with van der Waals surface area (Å²) >= 11 is 0. The highest BCUT2D eigenvalue weighted by molar-refractivity contribution is 5.31. The first kappa shape index (κ1) is 13.3. The monoisotopic (exact) mass is 242 g/mol. The number of nitrogens with one attached hydrogen (secondary N) is 1. The van der Waals surface area contributed by atoms with Crippen LogP contribution in [0.4, 0.5) is 11.6 Å².